The fourth-order valence-corrected chi connectivity index (χ4v) is 4.16. The minimum absolute atomic E-state index is 0.120. The van der Waals surface area contributed by atoms with E-state index in [1.54, 1.807) is 6.20 Å². The minimum Gasteiger partial charge on any atom is -0.356 e. The lowest BCUT2D eigenvalue weighted by Crippen LogP contribution is -2.45. The maximum atomic E-state index is 12.8. The average molecular weight is 396 g/mol. The predicted molar refractivity (Wildman–Crippen MR) is 113 cm³/mol. The Morgan fingerprint density at radius 2 is 1.72 bits per heavy atom. The Kier molecular flexibility index (Phi) is 5.83. The van der Waals surface area contributed by atoms with E-state index in [-0.39, 0.29) is 11.7 Å². The number of anilines is 2. The Labute approximate surface area is 172 Å². The first-order valence-electron chi connectivity index (χ1n) is 10.5. The number of rotatable bonds is 5. The summed E-state index contributed by atoms with van der Waals surface area (Å²) in [5.41, 5.74) is 3.81. The highest BCUT2D eigenvalue weighted by molar-refractivity contribution is 6.05. The molecule has 0 unspecified atom stereocenters. The number of piperidine rings is 1. The molecule has 2 fully saturated rings. The van der Waals surface area contributed by atoms with Gasteiger partial charge < -0.3 is 19.7 Å². The lowest BCUT2D eigenvalue weighted by Gasteiger charge is -2.38. The SMILES string of the molecule is CCc1cccc(CC)c1NC(=O)c1ccc(N2CCC3(CC2)OCCO3)nc1. The Morgan fingerprint density at radius 3 is 2.28 bits per heavy atom. The molecule has 0 bridgehead atoms. The van der Waals surface area contributed by atoms with Gasteiger partial charge in [-0.3, -0.25) is 4.79 Å². The van der Waals surface area contributed by atoms with Gasteiger partial charge in [0.25, 0.3) is 5.91 Å². The molecule has 2 saturated heterocycles. The molecule has 4 rings (SSSR count). The molecule has 0 aliphatic carbocycles. The van der Waals surface area contributed by atoms with Gasteiger partial charge in [-0.15, -0.1) is 0 Å². The third kappa shape index (κ3) is 4.14. The molecule has 6 heteroatoms. The molecular weight excluding hydrogens is 366 g/mol. The van der Waals surface area contributed by atoms with Gasteiger partial charge in [0.15, 0.2) is 5.79 Å². The number of aryl methyl sites for hydroxylation is 2. The van der Waals surface area contributed by atoms with E-state index in [1.165, 1.54) is 0 Å². The van der Waals surface area contributed by atoms with Gasteiger partial charge >= 0.3 is 0 Å². The molecule has 3 heterocycles. The van der Waals surface area contributed by atoms with Crippen molar-refractivity contribution in [1.82, 2.24) is 4.98 Å². The Hall–Kier alpha value is -2.44. The van der Waals surface area contributed by atoms with Gasteiger partial charge in [0, 0.05) is 37.8 Å². The highest BCUT2D eigenvalue weighted by Gasteiger charge is 2.40. The minimum atomic E-state index is -0.389. The number of ether oxygens (including phenoxy) is 2. The fraction of sp³-hybridized carbons (Fsp3) is 0.478. The summed E-state index contributed by atoms with van der Waals surface area (Å²) in [6.45, 7) is 7.24. The van der Waals surface area contributed by atoms with Gasteiger partial charge in [-0.25, -0.2) is 4.98 Å². The Bertz CT molecular complexity index is 828. The van der Waals surface area contributed by atoms with Crippen molar-refractivity contribution in [3.05, 3.63) is 53.2 Å². The van der Waals surface area contributed by atoms with Crippen LogP contribution in [0.15, 0.2) is 36.5 Å². The zero-order chi connectivity index (χ0) is 20.3. The van der Waals surface area contributed by atoms with Gasteiger partial charge in [0.1, 0.15) is 5.82 Å². The van der Waals surface area contributed by atoms with E-state index >= 15 is 0 Å². The van der Waals surface area contributed by atoms with Crippen molar-refractivity contribution in [1.29, 1.82) is 0 Å². The van der Waals surface area contributed by atoms with Crippen LogP contribution >= 0.6 is 0 Å². The zero-order valence-corrected chi connectivity index (χ0v) is 17.2. The van der Waals surface area contributed by atoms with Crippen molar-refractivity contribution in [3.8, 4) is 0 Å². The van der Waals surface area contributed by atoms with Crippen molar-refractivity contribution in [3.63, 3.8) is 0 Å². The van der Waals surface area contributed by atoms with Crippen molar-refractivity contribution in [2.75, 3.05) is 36.5 Å². The van der Waals surface area contributed by atoms with E-state index in [4.69, 9.17) is 9.47 Å². The van der Waals surface area contributed by atoms with Crippen LogP contribution in [0.4, 0.5) is 11.5 Å². The first kappa shape index (κ1) is 19.9. The van der Waals surface area contributed by atoms with E-state index < -0.39 is 0 Å². The number of carbonyl (C=O) groups is 1. The summed E-state index contributed by atoms with van der Waals surface area (Å²) >= 11 is 0. The summed E-state index contributed by atoms with van der Waals surface area (Å²) in [6, 6.07) is 9.96. The highest BCUT2D eigenvalue weighted by atomic mass is 16.7. The van der Waals surface area contributed by atoms with Crippen molar-refractivity contribution in [2.24, 2.45) is 0 Å². The molecule has 1 spiro atoms. The second-order valence-electron chi connectivity index (χ2n) is 7.61. The molecule has 2 aromatic rings. The summed E-state index contributed by atoms with van der Waals surface area (Å²) in [7, 11) is 0. The number of aromatic nitrogens is 1. The molecule has 2 aliphatic heterocycles. The summed E-state index contributed by atoms with van der Waals surface area (Å²) in [4.78, 5) is 19.6. The van der Waals surface area contributed by atoms with Gasteiger partial charge in [0.05, 0.1) is 18.8 Å². The maximum Gasteiger partial charge on any atom is 0.257 e. The van der Waals surface area contributed by atoms with Crippen LogP contribution in [-0.2, 0) is 22.3 Å². The molecular formula is C23H29N3O3. The van der Waals surface area contributed by atoms with Crippen LogP contribution in [0.5, 0.6) is 0 Å². The van der Waals surface area contributed by atoms with Gasteiger partial charge in [-0.2, -0.15) is 0 Å². The quantitative estimate of drug-likeness (QED) is 0.834. The van der Waals surface area contributed by atoms with Crippen molar-refractivity contribution in [2.45, 2.75) is 45.3 Å². The van der Waals surface area contributed by atoms with Crippen LogP contribution in [0.3, 0.4) is 0 Å². The van der Waals surface area contributed by atoms with Crippen LogP contribution in [0, 0.1) is 0 Å². The lowest BCUT2D eigenvalue weighted by atomic mass is 10.0. The molecule has 154 valence electrons. The van der Waals surface area contributed by atoms with Crippen LogP contribution in [0.25, 0.3) is 0 Å². The van der Waals surface area contributed by atoms with Gasteiger partial charge in [-0.1, -0.05) is 32.0 Å². The number of carbonyl (C=O) groups excluding carboxylic acids is 1. The number of para-hydroxylation sites is 1. The largest absolute Gasteiger partial charge is 0.356 e. The fourth-order valence-electron chi connectivity index (χ4n) is 4.16. The summed E-state index contributed by atoms with van der Waals surface area (Å²) in [5, 5.41) is 3.10. The molecule has 2 aliphatic rings. The van der Waals surface area contributed by atoms with Gasteiger partial charge in [-0.05, 0) is 36.1 Å². The molecule has 0 radical (unpaired) electrons. The number of nitrogens with one attached hydrogen (secondary N) is 1. The molecule has 1 amide bonds. The first-order chi connectivity index (χ1) is 14.1. The monoisotopic (exact) mass is 395 g/mol. The standard InChI is InChI=1S/C23H29N3O3/c1-3-17-6-5-7-18(4-2)21(17)25-22(27)19-8-9-20(24-16-19)26-12-10-23(11-13-26)28-14-15-29-23/h5-9,16H,3-4,10-15H2,1-2H3,(H,25,27). The van der Waals surface area contributed by atoms with Crippen molar-refractivity contribution < 1.29 is 14.3 Å². The molecule has 29 heavy (non-hydrogen) atoms. The molecule has 0 atom stereocenters. The predicted octanol–water partition coefficient (Wildman–Crippen LogP) is 3.80. The van der Waals surface area contributed by atoms with E-state index in [0.717, 1.165) is 61.4 Å². The lowest BCUT2D eigenvalue weighted by molar-refractivity contribution is -0.169. The summed E-state index contributed by atoms with van der Waals surface area (Å²) in [5.74, 6) is 0.377. The van der Waals surface area contributed by atoms with Crippen LogP contribution < -0.4 is 10.2 Å². The third-order valence-corrected chi connectivity index (χ3v) is 5.91. The maximum absolute atomic E-state index is 12.8. The van der Waals surface area contributed by atoms with Crippen LogP contribution in [0.1, 0.15) is 48.2 Å². The Morgan fingerprint density at radius 1 is 1.07 bits per heavy atom. The number of hydrogen-bond donors (Lipinski definition) is 1. The number of nitrogens with zero attached hydrogens (tertiary/aromatic N) is 2. The third-order valence-electron chi connectivity index (χ3n) is 5.91. The van der Waals surface area contributed by atoms with Crippen LogP contribution in [0.2, 0.25) is 0 Å². The summed E-state index contributed by atoms with van der Waals surface area (Å²) < 4.78 is 11.6. The van der Waals surface area contributed by atoms with Gasteiger partial charge in [0.2, 0.25) is 0 Å². The number of benzene rings is 1. The normalized spacial score (nSPS) is 18.2. The van der Waals surface area contributed by atoms with E-state index in [0.29, 0.717) is 18.8 Å². The highest BCUT2D eigenvalue weighted by Crippen LogP contribution is 2.32. The average Bonchev–Trinajstić information content (AvgIpc) is 3.22. The van der Waals surface area contributed by atoms with Crippen molar-refractivity contribution >= 4 is 17.4 Å². The second-order valence-corrected chi connectivity index (χ2v) is 7.61. The number of amides is 1. The topological polar surface area (TPSA) is 63.7 Å². The number of hydrogen-bond acceptors (Lipinski definition) is 5. The van der Waals surface area contributed by atoms with Crippen LogP contribution in [-0.4, -0.2) is 43.0 Å². The first-order valence-corrected chi connectivity index (χ1v) is 10.5. The second kappa shape index (κ2) is 8.51. The molecule has 1 N–H and O–H groups in total. The molecule has 1 aromatic heterocycles. The number of pyridine rings is 1. The molecule has 6 nitrogen and oxygen atoms in total. The zero-order valence-electron chi connectivity index (χ0n) is 17.2. The van der Waals surface area contributed by atoms with E-state index in [1.807, 2.05) is 18.2 Å². The van der Waals surface area contributed by atoms with E-state index in [9.17, 15) is 4.79 Å². The molecule has 1 aromatic carbocycles. The molecule has 0 saturated carbocycles. The van der Waals surface area contributed by atoms with E-state index in [2.05, 4.69) is 41.2 Å². The summed E-state index contributed by atoms with van der Waals surface area (Å²) in [6.07, 6.45) is 5.10. The smallest absolute Gasteiger partial charge is 0.257 e. The Balaban J connectivity index is 1.43.